The van der Waals surface area contributed by atoms with E-state index < -0.39 is 0 Å². The summed E-state index contributed by atoms with van der Waals surface area (Å²) >= 11 is 1.68. The minimum Gasteiger partial charge on any atom is -0.381 e. The van der Waals surface area contributed by atoms with E-state index in [1.807, 2.05) is 35.8 Å². The normalized spacial score (nSPS) is 19.0. The number of hydrogen-bond acceptors (Lipinski definition) is 7. The van der Waals surface area contributed by atoms with Gasteiger partial charge in [-0.15, -0.1) is 11.3 Å². The maximum atomic E-state index is 5.56. The first-order valence-electron chi connectivity index (χ1n) is 11.6. The summed E-state index contributed by atoms with van der Waals surface area (Å²) in [6.45, 7) is 6.43. The Labute approximate surface area is 198 Å². The third kappa shape index (κ3) is 4.15. The van der Waals surface area contributed by atoms with Crippen molar-refractivity contribution in [1.29, 1.82) is 0 Å². The Kier molecular flexibility index (Phi) is 5.92. The van der Waals surface area contributed by atoms with Crippen LogP contribution in [0.1, 0.15) is 51.1 Å². The van der Waals surface area contributed by atoms with Crippen molar-refractivity contribution >= 4 is 27.4 Å². The number of aromatic nitrogens is 6. The molecular formula is C24H31N7OS. The van der Waals surface area contributed by atoms with Gasteiger partial charge in [-0.2, -0.15) is 5.10 Å². The number of nitrogens with zero attached hydrogens (tertiary/aromatic N) is 6. The first-order valence-corrected chi connectivity index (χ1v) is 12.4. The molecule has 9 heteroatoms. The van der Waals surface area contributed by atoms with Crippen molar-refractivity contribution in [2.45, 2.75) is 64.6 Å². The van der Waals surface area contributed by atoms with Gasteiger partial charge in [-0.3, -0.25) is 4.68 Å². The van der Waals surface area contributed by atoms with Crippen LogP contribution in [0.3, 0.4) is 0 Å². The van der Waals surface area contributed by atoms with Crippen molar-refractivity contribution in [2.24, 2.45) is 7.05 Å². The molecule has 0 bridgehead atoms. The number of aryl methyl sites for hydroxylation is 2. The van der Waals surface area contributed by atoms with Gasteiger partial charge in [0, 0.05) is 44.8 Å². The Morgan fingerprint density at radius 2 is 1.94 bits per heavy atom. The Balaban J connectivity index is 1.59. The molecule has 4 aromatic rings. The molecule has 0 unspecified atom stereocenters. The van der Waals surface area contributed by atoms with Gasteiger partial charge < -0.3 is 14.6 Å². The van der Waals surface area contributed by atoms with E-state index in [0.717, 1.165) is 58.1 Å². The predicted octanol–water partition coefficient (Wildman–Crippen LogP) is 5.21. The molecule has 0 spiro atoms. The molecule has 0 radical (unpaired) electrons. The lowest BCUT2D eigenvalue weighted by molar-refractivity contribution is 0.0681. The van der Waals surface area contributed by atoms with E-state index in [-0.39, 0.29) is 0 Å². The van der Waals surface area contributed by atoms with Crippen molar-refractivity contribution in [1.82, 2.24) is 29.3 Å². The molecule has 0 amide bonds. The number of methoxy groups -OCH3 is 1. The second-order valence-corrected chi connectivity index (χ2v) is 10.1. The second-order valence-electron chi connectivity index (χ2n) is 9.12. The Morgan fingerprint density at radius 3 is 2.58 bits per heavy atom. The molecular weight excluding hydrogens is 434 g/mol. The second kappa shape index (κ2) is 8.87. The number of nitrogens with one attached hydrogen (secondary N) is 1. The van der Waals surface area contributed by atoms with Gasteiger partial charge >= 0.3 is 0 Å². The van der Waals surface area contributed by atoms with Crippen LogP contribution in [-0.4, -0.2) is 48.6 Å². The highest BCUT2D eigenvalue weighted by molar-refractivity contribution is 7.22. The van der Waals surface area contributed by atoms with Crippen molar-refractivity contribution < 1.29 is 4.74 Å². The fourth-order valence-electron chi connectivity index (χ4n) is 4.55. The molecule has 0 atom stereocenters. The van der Waals surface area contributed by atoms with E-state index in [0.29, 0.717) is 24.0 Å². The van der Waals surface area contributed by atoms with Gasteiger partial charge in [-0.05, 0) is 58.1 Å². The van der Waals surface area contributed by atoms with Gasteiger partial charge in [-0.25, -0.2) is 15.0 Å². The van der Waals surface area contributed by atoms with Crippen LogP contribution in [0.2, 0.25) is 0 Å². The maximum Gasteiger partial charge on any atom is 0.199 e. The van der Waals surface area contributed by atoms with Crippen LogP contribution >= 0.6 is 11.3 Å². The Morgan fingerprint density at radius 1 is 1.15 bits per heavy atom. The summed E-state index contributed by atoms with van der Waals surface area (Å²) in [7, 11) is 3.78. The number of thiophene rings is 1. The minimum atomic E-state index is 0.322. The highest BCUT2D eigenvalue weighted by atomic mass is 32.1. The molecule has 174 valence electrons. The van der Waals surface area contributed by atoms with Crippen LogP contribution in [0.15, 0.2) is 24.7 Å². The van der Waals surface area contributed by atoms with Gasteiger partial charge in [0.25, 0.3) is 0 Å². The van der Waals surface area contributed by atoms with Crippen LogP contribution in [0.5, 0.6) is 0 Å². The van der Waals surface area contributed by atoms with Gasteiger partial charge in [0.1, 0.15) is 16.3 Å². The first kappa shape index (κ1) is 22.0. The van der Waals surface area contributed by atoms with Crippen molar-refractivity contribution in [2.75, 3.05) is 12.4 Å². The molecule has 0 aliphatic heterocycles. The largest absolute Gasteiger partial charge is 0.381 e. The molecule has 4 heterocycles. The molecule has 1 saturated carbocycles. The Hall–Kier alpha value is -2.78. The van der Waals surface area contributed by atoms with Crippen molar-refractivity contribution in [3.8, 4) is 22.2 Å². The highest BCUT2D eigenvalue weighted by Crippen LogP contribution is 2.41. The highest BCUT2D eigenvalue weighted by Gasteiger charge is 2.25. The molecule has 1 fully saturated rings. The van der Waals surface area contributed by atoms with Crippen LogP contribution in [0.25, 0.3) is 32.4 Å². The zero-order valence-corrected chi connectivity index (χ0v) is 20.7. The molecule has 4 aromatic heterocycles. The fourth-order valence-corrected chi connectivity index (χ4v) is 5.70. The van der Waals surface area contributed by atoms with Crippen molar-refractivity contribution in [3.63, 3.8) is 0 Å². The third-order valence-corrected chi connectivity index (χ3v) is 7.74. The molecule has 0 saturated heterocycles. The van der Waals surface area contributed by atoms with Crippen LogP contribution < -0.4 is 5.32 Å². The predicted molar refractivity (Wildman–Crippen MR) is 133 cm³/mol. The summed E-state index contributed by atoms with van der Waals surface area (Å²) in [5, 5.41) is 9.65. The maximum absolute atomic E-state index is 5.56. The quantitative estimate of drug-likeness (QED) is 0.421. The number of ether oxygens (including phenoxy) is 1. The molecule has 1 aliphatic rings. The van der Waals surface area contributed by atoms with E-state index >= 15 is 0 Å². The number of fused-ring (bicyclic) bond motifs is 1. The summed E-state index contributed by atoms with van der Waals surface area (Å²) in [5.41, 5.74) is 2.15. The first-order chi connectivity index (χ1) is 15.9. The minimum absolute atomic E-state index is 0.322. The van der Waals surface area contributed by atoms with Gasteiger partial charge in [0.2, 0.25) is 0 Å². The zero-order chi connectivity index (χ0) is 23.1. The molecule has 8 nitrogen and oxygen atoms in total. The van der Waals surface area contributed by atoms with E-state index in [9.17, 15) is 0 Å². The van der Waals surface area contributed by atoms with Crippen molar-refractivity contribution in [3.05, 3.63) is 30.2 Å². The van der Waals surface area contributed by atoms with Crippen LogP contribution in [-0.2, 0) is 11.8 Å². The number of anilines is 1. The molecule has 1 aliphatic carbocycles. The van der Waals surface area contributed by atoms with Gasteiger partial charge in [0.15, 0.2) is 11.6 Å². The monoisotopic (exact) mass is 465 g/mol. The molecule has 33 heavy (non-hydrogen) atoms. The lowest BCUT2D eigenvalue weighted by Crippen LogP contribution is -2.29. The van der Waals surface area contributed by atoms with E-state index in [4.69, 9.17) is 19.8 Å². The number of imidazole rings is 1. The molecule has 1 N–H and O–H groups in total. The summed E-state index contributed by atoms with van der Waals surface area (Å²) < 4.78 is 9.52. The SMILES string of the molecule is CO[C@H]1CC[C@@H](Nc2nc(-c3nccn3C)nc3sc(-c4ccn(C(C)C)n4)c(C)c23)CC1. The average molecular weight is 466 g/mol. The third-order valence-electron chi connectivity index (χ3n) is 6.53. The zero-order valence-electron chi connectivity index (χ0n) is 19.9. The fraction of sp³-hybridized carbons (Fsp3) is 0.500. The summed E-state index contributed by atoms with van der Waals surface area (Å²) in [6.07, 6.45) is 10.4. The van der Waals surface area contributed by atoms with Gasteiger partial charge in [-0.1, -0.05) is 0 Å². The Bertz CT molecular complexity index is 1260. The topological polar surface area (TPSA) is 82.7 Å². The lowest BCUT2D eigenvalue weighted by Gasteiger charge is -2.28. The van der Waals surface area contributed by atoms with Gasteiger partial charge in [0.05, 0.1) is 16.4 Å². The molecule has 5 rings (SSSR count). The average Bonchev–Trinajstić information content (AvgIpc) is 3.53. The smallest absolute Gasteiger partial charge is 0.199 e. The van der Waals surface area contributed by atoms with E-state index in [2.05, 4.69) is 37.1 Å². The van der Waals surface area contributed by atoms with E-state index in [1.165, 1.54) is 5.56 Å². The standard InChI is InChI=1S/C24H31N7OS/c1-14(2)31-12-10-18(29-31)20-15(3)19-21(26-16-6-8-17(32-5)9-7-16)27-22(28-24(19)33-20)23-25-11-13-30(23)4/h10-14,16-17H,6-9H2,1-5H3,(H,26,27,28)/t16-,17+. The summed E-state index contributed by atoms with van der Waals surface area (Å²) in [5.74, 6) is 2.30. The number of hydrogen-bond donors (Lipinski definition) is 1. The van der Waals surface area contributed by atoms with Crippen LogP contribution in [0, 0.1) is 6.92 Å². The van der Waals surface area contributed by atoms with Crippen LogP contribution in [0.4, 0.5) is 5.82 Å². The lowest BCUT2D eigenvalue weighted by atomic mass is 9.93. The summed E-state index contributed by atoms with van der Waals surface area (Å²) in [6, 6.07) is 2.78. The molecule has 0 aromatic carbocycles. The van der Waals surface area contributed by atoms with E-state index in [1.54, 1.807) is 17.5 Å². The summed E-state index contributed by atoms with van der Waals surface area (Å²) in [4.78, 5) is 16.5. The number of rotatable bonds is 6.